The van der Waals surface area contributed by atoms with E-state index < -0.39 is 0 Å². The molecule has 1 amide bonds. The quantitative estimate of drug-likeness (QED) is 0.902. The van der Waals surface area contributed by atoms with Crippen LogP contribution in [0.1, 0.15) is 22.5 Å². The molecule has 102 valence electrons. The Balaban J connectivity index is 0.00000144. The predicted molar refractivity (Wildman–Crippen MR) is 76.8 cm³/mol. The van der Waals surface area contributed by atoms with Crippen LogP contribution in [0.25, 0.3) is 0 Å². The molecule has 1 aliphatic rings. The van der Waals surface area contributed by atoms with E-state index in [1.54, 1.807) is 6.20 Å². The predicted octanol–water partition coefficient (Wildman–Crippen LogP) is 1.67. The summed E-state index contributed by atoms with van der Waals surface area (Å²) in [6.45, 7) is 3.80. The maximum Gasteiger partial charge on any atom is 0.255 e. The fourth-order valence-corrected chi connectivity index (χ4v) is 1.93. The Kier molecular flexibility index (Phi) is 7.21. The van der Waals surface area contributed by atoms with Gasteiger partial charge in [-0.25, -0.2) is 0 Å². The van der Waals surface area contributed by atoms with Gasteiger partial charge in [0.25, 0.3) is 5.91 Å². The number of carbonyl (C=O) groups is 1. The molecule has 0 saturated carbocycles. The average molecular weight is 292 g/mol. The SMILES string of the molecule is Cc1ccc(C(=O)N(C)C2CCNC2)cn1.Cl.Cl. The third-order valence-electron chi connectivity index (χ3n) is 3.06. The average Bonchev–Trinajstić information content (AvgIpc) is 2.81. The maximum atomic E-state index is 12.1. The first kappa shape index (κ1) is 17.2. The highest BCUT2D eigenvalue weighted by Gasteiger charge is 2.23. The van der Waals surface area contributed by atoms with Gasteiger partial charge in [-0.15, -0.1) is 24.8 Å². The number of aryl methyl sites for hydroxylation is 1. The van der Waals surface area contributed by atoms with Crippen molar-refractivity contribution in [2.45, 2.75) is 19.4 Å². The summed E-state index contributed by atoms with van der Waals surface area (Å²) >= 11 is 0. The number of nitrogens with zero attached hydrogens (tertiary/aromatic N) is 2. The number of pyridine rings is 1. The molecule has 1 aromatic heterocycles. The first-order chi connectivity index (χ1) is 7.68. The summed E-state index contributed by atoms with van der Waals surface area (Å²) in [7, 11) is 1.86. The summed E-state index contributed by atoms with van der Waals surface area (Å²) in [6.07, 6.45) is 2.68. The number of nitrogens with one attached hydrogen (secondary N) is 1. The summed E-state index contributed by atoms with van der Waals surface area (Å²) < 4.78 is 0. The molecule has 1 unspecified atom stereocenters. The lowest BCUT2D eigenvalue weighted by atomic mass is 10.2. The highest BCUT2D eigenvalue weighted by Crippen LogP contribution is 2.11. The third-order valence-corrected chi connectivity index (χ3v) is 3.06. The van der Waals surface area contributed by atoms with Crippen molar-refractivity contribution in [2.24, 2.45) is 0 Å². The minimum absolute atomic E-state index is 0. The summed E-state index contributed by atoms with van der Waals surface area (Å²) in [5.41, 5.74) is 1.60. The number of hydrogen-bond donors (Lipinski definition) is 1. The van der Waals surface area contributed by atoms with Crippen LogP contribution in [0.5, 0.6) is 0 Å². The Labute approximate surface area is 120 Å². The van der Waals surface area contributed by atoms with Crippen molar-refractivity contribution in [3.8, 4) is 0 Å². The monoisotopic (exact) mass is 291 g/mol. The van der Waals surface area contributed by atoms with Crippen molar-refractivity contribution in [2.75, 3.05) is 20.1 Å². The molecule has 4 nitrogen and oxygen atoms in total. The minimum Gasteiger partial charge on any atom is -0.337 e. The highest BCUT2D eigenvalue weighted by atomic mass is 35.5. The number of amides is 1. The van der Waals surface area contributed by atoms with Crippen LogP contribution in [0.3, 0.4) is 0 Å². The van der Waals surface area contributed by atoms with Gasteiger partial charge in [0.2, 0.25) is 0 Å². The Morgan fingerprint density at radius 3 is 2.67 bits per heavy atom. The second-order valence-corrected chi connectivity index (χ2v) is 4.25. The van der Waals surface area contributed by atoms with Crippen molar-refractivity contribution >= 4 is 30.7 Å². The second-order valence-electron chi connectivity index (χ2n) is 4.25. The van der Waals surface area contributed by atoms with Gasteiger partial charge >= 0.3 is 0 Å². The molecule has 1 aromatic rings. The Morgan fingerprint density at radius 2 is 2.17 bits per heavy atom. The van der Waals surface area contributed by atoms with Gasteiger partial charge in [-0.2, -0.15) is 0 Å². The van der Waals surface area contributed by atoms with E-state index in [9.17, 15) is 4.79 Å². The summed E-state index contributed by atoms with van der Waals surface area (Å²) in [6, 6.07) is 4.02. The fraction of sp³-hybridized carbons (Fsp3) is 0.500. The number of rotatable bonds is 2. The smallest absolute Gasteiger partial charge is 0.255 e. The standard InChI is InChI=1S/C12H17N3O.2ClH/c1-9-3-4-10(7-14-9)12(16)15(2)11-5-6-13-8-11;;/h3-4,7,11,13H,5-6,8H2,1-2H3;2*1H. The number of halogens is 2. The Bertz CT molecular complexity index is 377. The second kappa shape index (κ2) is 7.56. The molecule has 0 bridgehead atoms. The van der Waals surface area contributed by atoms with Gasteiger partial charge in [0.05, 0.1) is 5.56 Å². The van der Waals surface area contributed by atoms with Crippen molar-refractivity contribution < 1.29 is 4.79 Å². The molecular weight excluding hydrogens is 273 g/mol. The molecule has 1 fully saturated rings. The fourth-order valence-electron chi connectivity index (χ4n) is 1.93. The molecular formula is C12H19Cl2N3O. The Hall–Kier alpha value is -0.840. The molecule has 6 heteroatoms. The van der Waals surface area contributed by atoms with Crippen LogP contribution >= 0.6 is 24.8 Å². The zero-order valence-electron chi connectivity index (χ0n) is 10.5. The van der Waals surface area contributed by atoms with Crippen LogP contribution in [0.2, 0.25) is 0 Å². The minimum atomic E-state index is 0. The van der Waals surface area contributed by atoms with E-state index in [1.165, 1.54) is 0 Å². The van der Waals surface area contributed by atoms with Crippen molar-refractivity contribution in [3.05, 3.63) is 29.6 Å². The van der Waals surface area contributed by atoms with Gasteiger partial charge in [-0.05, 0) is 32.0 Å². The lowest BCUT2D eigenvalue weighted by Crippen LogP contribution is -2.38. The van der Waals surface area contributed by atoms with E-state index in [2.05, 4.69) is 10.3 Å². The molecule has 2 heterocycles. The Morgan fingerprint density at radius 1 is 1.44 bits per heavy atom. The lowest BCUT2D eigenvalue weighted by Gasteiger charge is -2.23. The van der Waals surface area contributed by atoms with Gasteiger partial charge in [-0.3, -0.25) is 9.78 Å². The van der Waals surface area contributed by atoms with Gasteiger partial charge in [0, 0.05) is 31.5 Å². The zero-order chi connectivity index (χ0) is 11.5. The van der Waals surface area contributed by atoms with Gasteiger partial charge in [0.1, 0.15) is 0 Å². The zero-order valence-corrected chi connectivity index (χ0v) is 12.2. The number of likely N-dealkylation sites (N-methyl/N-ethyl adjacent to an activating group) is 1. The molecule has 1 aliphatic heterocycles. The van der Waals surface area contributed by atoms with Crippen LogP contribution in [0.4, 0.5) is 0 Å². The summed E-state index contributed by atoms with van der Waals surface area (Å²) in [5.74, 6) is 0.0567. The van der Waals surface area contributed by atoms with E-state index >= 15 is 0 Å². The van der Waals surface area contributed by atoms with Crippen LogP contribution in [-0.2, 0) is 0 Å². The molecule has 0 aromatic carbocycles. The largest absolute Gasteiger partial charge is 0.337 e. The van der Waals surface area contributed by atoms with Crippen molar-refractivity contribution in [3.63, 3.8) is 0 Å². The summed E-state index contributed by atoms with van der Waals surface area (Å²) in [5, 5.41) is 3.26. The van der Waals surface area contributed by atoms with Gasteiger partial charge in [-0.1, -0.05) is 0 Å². The molecule has 0 spiro atoms. The molecule has 1 atom stereocenters. The van der Waals surface area contributed by atoms with E-state index in [-0.39, 0.29) is 30.7 Å². The molecule has 2 rings (SSSR count). The molecule has 0 radical (unpaired) electrons. The number of hydrogen-bond acceptors (Lipinski definition) is 3. The molecule has 1 N–H and O–H groups in total. The number of carbonyl (C=O) groups excluding carboxylic acids is 1. The van der Waals surface area contributed by atoms with E-state index in [0.29, 0.717) is 11.6 Å². The third kappa shape index (κ3) is 3.83. The lowest BCUT2D eigenvalue weighted by molar-refractivity contribution is 0.0743. The van der Waals surface area contributed by atoms with E-state index in [0.717, 1.165) is 25.2 Å². The first-order valence-corrected chi connectivity index (χ1v) is 5.59. The highest BCUT2D eigenvalue weighted by molar-refractivity contribution is 5.94. The van der Waals surface area contributed by atoms with E-state index in [1.807, 2.05) is 31.0 Å². The number of aromatic nitrogens is 1. The molecule has 0 aliphatic carbocycles. The van der Waals surface area contributed by atoms with Crippen LogP contribution < -0.4 is 5.32 Å². The summed E-state index contributed by atoms with van der Waals surface area (Å²) in [4.78, 5) is 18.1. The van der Waals surface area contributed by atoms with Crippen LogP contribution in [-0.4, -0.2) is 42.0 Å². The van der Waals surface area contributed by atoms with Crippen LogP contribution in [0.15, 0.2) is 18.3 Å². The van der Waals surface area contributed by atoms with Crippen molar-refractivity contribution in [1.82, 2.24) is 15.2 Å². The van der Waals surface area contributed by atoms with Gasteiger partial charge < -0.3 is 10.2 Å². The maximum absolute atomic E-state index is 12.1. The normalized spacial score (nSPS) is 17.6. The van der Waals surface area contributed by atoms with Gasteiger partial charge in [0.15, 0.2) is 0 Å². The molecule has 18 heavy (non-hydrogen) atoms. The molecule has 1 saturated heterocycles. The topological polar surface area (TPSA) is 45.2 Å². The van der Waals surface area contributed by atoms with Crippen LogP contribution in [0, 0.1) is 6.92 Å². The first-order valence-electron chi connectivity index (χ1n) is 5.59. The van der Waals surface area contributed by atoms with E-state index in [4.69, 9.17) is 0 Å². The van der Waals surface area contributed by atoms with Crippen molar-refractivity contribution in [1.29, 1.82) is 0 Å².